The Balaban J connectivity index is 2.31. The average Bonchev–Trinajstić information content (AvgIpc) is 2.28. The first-order chi connectivity index (χ1) is 7.54. The molecule has 1 rings (SSSR count). The normalized spacial score (nSPS) is 30.4. The highest BCUT2D eigenvalue weighted by Crippen LogP contribution is 2.26. The summed E-state index contributed by atoms with van der Waals surface area (Å²) >= 11 is 0. The fourth-order valence-corrected chi connectivity index (χ4v) is 2.65. The number of hydrogen-bond donors (Lipinski definition) is 1. The van der Waals surface area contributed by atoms with Crippen molar-refractivity contribution in [1.82, 2.24) is 4.90 Å². The van der Waals surface area contributed by atoms with Crippen molar-refractivity contribution >= 4 is 0 Å². The number of likely N-dealkylation sites (N-methyl/N-ethyl adjacent to an activating group) is 1. The minimum Gasteiger partial charge on any atom is -0.326 e. The van der Waals surface area contributed by atoms with Crippen LogP contribution in [0, 0.1) is 11.8 Å². The summed E-state index contributed by atoms with van der Waals surface area (Å²) in [6.45, 7) is 7.93. The Morgan fingerprint density at radius 2 is 1.81 bits per heavy atom. The van der Waals surface area contributed by atoms with Gasteiger partial charge in [-0.3, -0.25) is 0 Å². The van der Waals surface area contributed by atoms with Crippen molar-refractivity contribution in [3.8, 4) is 0 Å². The minimum atomic E-state index is 0.342. The van der Waals surface area contributed by atoms with Crippen molar-refractivity contribution in [2.24, 2.45) is 17.6 Å². The van der Waals surface area contributed by atoms with Gasteiger partial charge < -0.3 is 10.6 Å². The van der Waals surface area contributed by atoms with E-state index >= 15 is 0 Å². The Morgan fingerprint density at radius 1 is 1.25 bits per heavy atom. The van der Waals surface area contributed by atoms with Crippen molar-refractivity contribution in [1.29, 1.82) is 0 Å². The van der Waals surface area contributed by atoms with Crippen LogP contribution in [0.15, 0.2) is 0 Å². The average molecular weight is 226 g/mol. The van der Waals surface area contributed by atoms with Gasteiger partial charge in [-0.15, -0.1) is 0 Å². The minimum absolute atomic E-state index is 0.342. The van der Waals surface area contributed by atoms with Gasteiger partial charge in [0.25, 0.3) is 0 Å². The van der Waals surface area contributed by atoms with E-state index in [1.54, 1.807) is 0 Å². The Labute approximate surface area is 102 Å². The molecule has 0 aromatic carbocycles. The van der Waals surface area contributed by atoms with Crippen molar-refractivity contribution in [3.63, 3.8) is 0 Å². The van der Waals surface area contributed by atoms with Crippen LogP contribution in [0.25, 0.3) is 0 Å². The first-order valence-electron chi connectivity index (χ1n) is 7.00. The summed E-state index contributed by atoms with van der Waals surface area (Å²) in [5.41, 5.74) is 6.22. The predicted octanol–water partition coefficient (Wildman–Crippen LogP) is 2.87. The summed E-state index contributed by atoms with van der Waals surface area (Å²) in [4.78, 5) is 2.50. The Kier molecular flexibility index (Phi) is 5.77. The smallest absolute Gasteiger partial charge is 0.0193 e. The van der Waals surface area contributed by atoms with Crippen molar-refractivity contribution in [2.45, 2.75) is 65.0 Å². The fraction of sp³-hybridized carbons (Fsp3) is 1.00. The molecule has 0 aliphatic heterocycles. The third kappa shape index (κ3) is 4.06. The number of nitrogens with zero attached hydrogens (tertiary/aromatic N) is 1. The van der Waals surface area contributed by atoms with Gasteiger partial charge in [0, 0.05) is 18.6 Å². The molecule has 1 aliphatic rings. The first kappa shape index (κ1) is 14.0. The third-order valence-electron chi connectivity index (χ3n) is 4.48. The molecule has 1 aliphatic carbocycles. The van der Waals surface area contributed by atoms with Crippen molar-refractivity contribution in [3.05, 3.63) is 0 Å². The second kappa shape index (κ2) is 6.61. The molecule has 2 nitrogen and oxygen atoms in total. The molecule has 1 fully saturated rings. The molecule has 2 unspecified atom stereocenters. The predicted molar refractivity (Wildman–Crippen MR) is 71.5 cm³/mol. The molecular formula is C14H30N2. The van der Waals surface area contributed by atoms with E-state index in [2.05, 4.69) is 32.7 Å². The summed E-state index contributed by atoms with van der Waals surface area (Å²) in [5, 5.41) is 0. The molecule has 0 heterocycles. The van der Waals surface area contributed by atoms with Gasteiger partial charge in [-0.1, -0.05) is 27.2 Å². The van der Waals surface area contributed by atoms with E-state index < -0.39 is 0 Å². The molecule has 0 spiro atoms. The van der Waals surface area contributed by atoms with E-state index in [9.17, 15) is 0 Å². The Hall–Kier alpha value is -0.0800. The van der Waals surface area contributed by atoms with Gasteiger partial charge in [-0.25, -0.2) is 0 Å². The SMILES string of the molecule is CCC(C)C(N)CN(C)C1CCC(C)CC1. The van der Waals surface area contributed by atoms with E-state index in [0.29, 0.717) is 12.0 Å². The lowest BCUT2D eigenvalue weighted by molar-refractivity contribution is 0.153. The molecule has 2 N–H and O–H groups in total. The lowest BCUT2D eigenvalue weighted by Gasteiger charge is -2.35. The highest BCUT2D eigenvalue weighted by molar-refractivity contribution is 4.80. The highest BCUT2D eigenvalue weighted by atomic mass is 15.1. The second-order valence-corrected chi connectivity index (χ2v) is 5.90. The van der Waals surface area contributed by atoms with Crippen LogP contribution in [0.2, 0.25) is 0 Å². The van der Waals surface area contributed by atoms with Crippen LogP contribution in [-0.2, 0) is 0 Å². The Bertz CT molecular complexity index is 185. The molecule has 0 amide bonds. The zero-order chi connectivity index (χ0) is 12.1. The third-order valence-corrected chi connectivity index (χ3v) is 4.48. The summed E-state index contributed by atoms with van der Waals surface area (Å²) in [7, 11) is 2.25. The molecule has 16 heavy (non-hydrogen) atoms. The van der Waals surface area contributed by atoms with Gasteiger partial charge in [0.15, 0.2) is 0 Å². The number of nitrogens with two attached hydrogens (primary N) is 1. The van der Waals surface area contributed by atoms with E-state index in [1.807, 2.05) is 0 Å². The van der Waals surface area contributed by atoms with Crippen LogP contribution in [0.1, 0.15) is 52.9 Å². The molecule has 0 aromatic rings. The van der Waals surface area contributed by atoms with Gasteiger partial charge >= 0.3 is 0 Å². The topological polar surface area (TPSA) is 29.3 Å². The van der Waals surface area contributed by atoms with Gasteiger partial charge in [0.1, 0.15) is 0 Å². The molecule has 2 heteroatoms. The molecule has 0 aromatic heterocycles. The quantitative estimate of drug-likeness (QED) is 0.781. The zero-order valence-electron chi connectivity index (χ0n) is 11.6. The summed E-state index contributed by atoms with van der Waals surface area (Å²) in [5.74, 6) is 1.58. The van der Waals surface area contributed by atoms with E-state index in [0.717, 1.165) is 18.5 Å². The molecule has 96 valence electrons. The molecule has 2 atom stereocenters. The monoisotopic (exact) mass is 226 g/mol. The van der Waals surface area contributed by atoms with Crippen LogP contribution < -0.4 is 5.73 Å². The number of rotatable bonds is 5. The molecule has 1 saturated carbocycles. The van der Waals surface area contributed by atoms with Crippen LogP contribution in [0.5, 0.6) is 0 Å². The molecule has 0 bridgehead atoms. The second-order valence-electron chi connectivity index (χ2n) is 5.90. The van der Waals surface area contributed by atoms with Crippen molar-refractivity contribution in [2.75, 3.05) is 13.6 Å². The maximum atomic E-state index is 6.22. The Morgan fingerprint density at radius 3 is 2.31 bits per heavy atom. The first-order valence-corrected chi connectivity index (χ1v) is 7.00. The zero-order valence-corrected chi connectivity index (χ0v) is 11.6. The van der Waals surface area contributed by atoms with Gasteiger partial charge in [0.2, 0.25) is 0 Å². The largest absolute Gasteiger partial charge is 0.326 e. The van der Waals surface area contributed by atoms with Gasteiger partial charge in [-0.2, -0.15) is 0 Å². The van der Waals surface area contributed by atoms with E-state index in [-0.39, 0.29) is 0 Å². The lowest BCUT2D eigenvalue weighted by atomic mass is 9.86. The molecule has 0 saturated heterocycles. The van der Waals surface area contributed by atoms with Crippen molar-refractivity contribution < 1.29 is 0 Å². The fourth-order valence-electron chi connectivity index (χ4n) is 2.65. The standard InChI is InChI=1S/C14H30N2/c1-5-12(3)14(15)10-16(4)13-8-6-11(2)7-9-13/h11-14H,5-10,15H2,1-4H3. The van der Waals surface area contributed by atoms with Crippen LogP contribution in [0.4, 0.5) is 0 Å². The van der Waals surface area contributed by atoms with Crippen LogP contribution >= 0.6 is 0 Å². The van der Waals surface area contributed by atoms with Crippen LogP contribution in [0.3, 0.4) is 0 Å². The summed E-state index contributed by atoms with van der Waals surface area (Å²) < 4.78 is 0. The maximum Gasteiger partial charge on any atom is 0.0193 e. The van der Waals surface area contributed by atoms with E-state index in [4.69, 9.17) is 5.73 Å². The number of hydrogen-bond acceptors (Lipinski definition) is 2. The van der Waals surface area contributed by atoms with Gasteiger partial charge in [0.05, 0.1) is 0 Å². The van der Waals surface area contributed by atoms with E-state index in [1.165, 1.54) is 32.1 Å². The maximum absolute atomic E-state index is 6.22. The lowest BCUT2D eigenvalue weighted by Crippen LogP contribution is -2.44. The van der Waals surface area contributed by atoms with Crippen LogP contribution in [-0.4, -0.2) is 30.6 Å². The summed E-state index contributed by atoms with van der Waals surface area (Å²) in [6, 6.07) is 1.13. The highest BCUT2D eigenvalue weighted by Gasteiger charge is 2.23. The summed E-state index contributed by atoms with van der Waals surface area (Å²) in [6.07, 6.45) is 6.72. The molecular weight excluding hydrogens is 196 g/mol. The molecule has 0 radical (unpaired) electrons. The van der Waals surface area contributed by atoms with Gasteiger partial charge in [-0.05, 0) is 44.6 Å².